The molecule has 1 fully saturated rings. The number of fused-ring (bicyclic) bond motifs is 1. The maximum Gasteiger partial charge on any atom is 0.335 e. The van der Waals surface area contributed by atoms with Crippen LogP contribution in [0.4, 0.5) is 5.82 Å². The van der Waals surface area contributed by atoms with Crippen molar-refractivity contribution in [3.05, 3.63) is 59.3 Å². The molecule has 1 aliphatic heterocycles. The van der Waals surface area contributed by atoms with E-state index in [4.69, 9.17) is 0 Å². The van der Waals surface area contributed by atoms with E-state index in [1.807, 2.05) is 24.3 Å². The summed E-state index contributed by atoms with van der Waals surface area (Å²) < 4.78 is 0. The van der Waals surface area contributed by atoms with Crippen molar-refractivity contribution in [2.24, 2.45) is 5.92 Å². The SMILES string of the molecule is O=C(C[C@H]1CC[C@H](NCCNc2ccccn2)CC1)N[C@H]1Cc2cccc(C(=O)O)c2CB1O. The number of aromatic carboxylic acids is 1. The summed E-state index contributed by atoms with van der Waals surface area (Å²) in [5.41, 5.74) is 1.80. The maximum absolute atomic E-state index is 12.7. The number of hydrogen-bond acceptors (Lipinski definition) is 6. The minimum absolute atomic E-state index is 0.0298. The zero-order valence-corrected chi connectivity index (χ0v) is 19.4. The molecule has 1 saturated carbocycles. The number of pyridine rings is 1. The summed E-state index contributed by atoms with van der Waals surface area (Å²) in [4.78, 5) is 28.4. The first-order chi connectivity index (χ1) is 16.5. The molecule has 2 aliphatic rings. The van der Waals surface area contributed by atoms with Crippen LogP contribution in [0, 0.1) is 5.92 Å². The van der Waals surface area contributed by atoms with Crippen molar-refractivity contribution >= 4 is 24.6 Å². The number of nitrogens with one attached hydrogen (secondary N) is 3. The molecule has 0 spiro atoms. The number of aromatic nitrogens is 1. The predicted molar refractivity (Wildman–Crippen MR) is 132 cm³/mol. The van der Waals surface area contributed by atoms with Gasteiger partial charge in [0.15, 0.2) is 0 Å². The van der Waals surface area contributed by atoms with Gasteiger partial charge in [0.25, 0.3) is 0 Å². The van der Waals surface area contributed by atoms with E-state index in [1.165, 1.54) is 0 Å². The van der Waals surface area contributed by atoms with E-state index in [2.05, 4.69) is 20.9 Å². The van der Waals surface area contributed by atoms with E-state index in [0.29, 0.717) is 30.4 Å². The summed E-state index contributed by atoms with van der Waals surface area (Å²) in [7, 11) is 0. The van der Waals surface area contributed by atoms with E-state index in [0.717, 1.165) is 50.2 Å². The Balaban J connectivity index is 1.17. The Hall–Kier alpha value is -2.91. The summed E-state index contributed by atoms with van der Waals surface area (Å²) in [5, 5.41) is 29.8. The topological polar surface area (TPSA) is 124 Å². The molecule has 0 saturated heterocycles. The van der Waals surface area contributed by atoms with Gasteiger partial charge in [-0.25, -0.2) is 9.78 Å². The number of carboxylic acid groups (broad SMARTS) is 1. The van der Waals surface area contributed by atoms with Gasteiger partial charge in [0.2, 0.25) is 5.91 Å². The molecule has 34 heavy (non-hydrogen) atoms. The number of carbonyl (C=O) groups is 2. The monoisotopic (exact) mass is 464 g/mol. The van der Waals surface area contributed by atoms with Crippen molar-refractivity contribution in [1.29, 1.82) is 0 Å². The third-order valence-electron chi connectivity index (χ3n) is 7.02. The van der Waals surface area contributed by atoms with Crippen molar-refractivity contribution < 1.29 is 19.7 Å². The standard InChI is InChI=1S/C25H33BN4O4/c31-24(30-22-15-18-4-3-5-20(25(32)33)21(18)16-26(22)34)14-17-7-9-19(10-8-17)27-12-13-29-23-6-1-2-11-28-23/h1-6,11,17,19,22,27,34H,7-10,12-16H2,(H,28,29)(H,30,31)(H,32,33)/t17-,19-,22-/m0/s1. The van der Waals surface area contributed by atoms with Gasteiger partial charge in [-0.1, -0.05) is 18.2 Å². The Bertz CT molecular complexity index is 982. The number of hydrogen-bond donors (Lipinski definition) is 5. The minimum atomic E-state index is -0.985. The van der Waals surface area contributed by atoms with Crippen LogP contribution < -0.4 is 16.0 Å². The summed E-state index contributed by atoms with van der Waals surface area (Å²) in [6.07, 6.45) is 7.07. The van der Waals surface area contributed by atoms with Gasteiger partial charge in [-0.05, 0) is 73.7 Å². The molecule has 1 atom stereocenters. The molecule has 1 aromatic heterocycles. The van der Waals surface area contributed by atoms with E-state index in [9.17, 15) is 19.7 Å². The molecule has 1 aromatic carbocycles. The third kappa shape index (κ3) is 6.36. The number of nitrogens with zero attached hydrogens (tertiary/aromatic N) is 1. The van der Waals surface area contributed by atoms with Gasteiger partial charge in [0, 0.05) is 37.7 Å². The van der Waals surface area contributed by atoms with Crippen LogP contribution in [0.25, 0.3) is 0 Å². The molecule has 1 amide bonds. The highest BCUT2D eigenvalue weighted by atomic mass is 16.4. The van der Waals surface area contributed by atoms with Crippen LogP contribution in [-0.2, 0) is 17.5 Å². The molecular formula is C25H33BN4O4. The molecule has 0 radical (unpaired) electrons. The summed E-state index contributed by atoms with van der Waals surface area (Å²) in [6, 6.07) is 11.5. The number of amides is 1. The lowest BCUT2D eigenvalue weighted by Crippen LogP contribution is -2.52. The van der Waals surface area contributed by atoms with Crippen molar-refractivity contribution in [3.8, 4) is 0 Å². The first kappa shape index (κ1) is 24.2. The number of benzene rings is 1. The van der Waals surface area contributed by atoms with Crippen LogP contribution >= 0.6 is 0 Å². The molecule has 2 aromatic rings. The van der Waals surface area contributed by atoms with E-state index < -0.39 is 12.9 Å². The Kier molecular flexibility index (Phi) is 8.18. The molecule has 9 heteroatoms. The first-order valence-corrected chi connectivity index (χ1v) is 12.2. The molecule has 0 bridgehead atoms. The van der Waals surface area contributed by atoms with Gasteiger partial charge in [-0.3, -0.25) is 4.79 Å². The molecule has 8 nitrogen and oxygen atoms in total. The highest BCUT2D eigenvalue weighted by molar-refractivity contribution is 6.52. The molecular weight excluding hydrogens is 431 g/mol. The van der Waals surface area contributed by atoms with Crippen LogP contribution in [0.5, 0.6) is 0 Å². The zero-order valence-electron chi connectivity index (χ0n) is 19.4. The number of rotatable bonds is 9. The Morgan fingerprint density at radius 3 is 2.62 bits per heavy atom. The van der Waals surface area contributed by atoms with E-state index in [-0.39, 0.29) is 23.7 Å². The average Bonchev–Trinajstić information content (AvgIpc) is 2.83. The largest absolute Gasteiger partial charge is 0.478 e. The zero-order chi connectivity index (χ0) is 23.9. The molecule has 0 unspecified atom stereocenters. The van der Waals surface area contributed by atoms with Gasteiger partial charge in [-0.15, -0.1) is 0 Å². The molecule has 4 rings (SSSR count). The van der Waals surface area contributed by atoms with Crippen LogP contribution in [0.15, 0.2) is 42.6 Å². The van der Waals surface area contributed by atoms with Gasteiger partial charge < -0.3 is 26.1 Å². The van der Waals surface area contributed by atoms with Crippen LogP contribution in [0.3, 0.4) is 0 Å². The maximum atomic E-state index is 12.7. The molecule has 180 valence electrons. The Morgan fingerprint density at radius 2 is 1.88 bits per heavy atom. The quantitative estimate of drug-likeness (QED) is 0.284. The highest BCUT2D eigenvalue weighted by Gasteiger charge is 2.34. The van der Waals surface area contributed by atoms with Gasteiger partial charge >= 0.3 is 12.9 Å². The first-order valence-electron chi connectivity index (χ1n) is 12.2. The summed E-state index contributed by atoms with van der Waals surface area (Å²) >= 11 is 0. The Morgan fingerprint density at radius 1 is 1.06 bits per heavy atom. The fourth-order valence-corrected chi connectivity index (χ4v) is 5.17. The lowest BCUT2D eigenvalue weighted by atomic mass is 9.50. The highest BCUT2D eigenvalue weighted by Crippen LogP contribution is 2.28. The van der Waals surface area contributed by atoms with Crippen molar-refractivity contribution in [2.75, 3.05) is 18.4 Å². The molecule has 5 N–H and O–H groups in total. The van der Waals surface area contributed by atoms with Crippen molar-refractivity contribution in [3.63, 3.8) is 0 Å². The molecule has 2 heterocycles. The fourth-order valence-electron chi connectivity index (χ4n) is 5.17. The van der Waals surface area contributed by atoms with Crippen LogP contribution in [-0.4, -0.2) is 59.0 Å². The Labute approximate surface area is 200 Å². The van der Waals surface area contributed by atoms with Crippen molar-refractivity contribution in [2.45, 2.75) is 56.8 Å². The second kappa shape index (κ2) is 11.5. The van der Waals surface area contributed by atoms with Crippen LogP contribution in [0.1, 0.15) is 53.6 Å². The predicted octanol–water partition coefficient (Wildman–Crippen LogP) is 2.08. The lowest BCUT2D eigenvalue weighted by molar-refractivity contribution is -0.122. The summed E-state index contributed by atoms with van der Waals surface area (Å²) in [6.45, 7) is 0.911. The fraction of sp³-hybridized carbons (Fsp3) is 0.480. The van der Waals surface area contributed by atoms with Gasteiger partial charge in [-0.2, -0.15) is 0 Å². The summed E-state index contributed by atoms with van der Waals surface area (Å²) in [5.74, 6) is -0.156. The van der Waals surface area contributed by atoms with Crippen molar-refractivity contribution in [1.82, 2.24) is 15.6 Å². The molecule has 1 aliphatic carbocycles. The minimum Gasteiger partial charge on any atom is -0.478 e. The normalized spacial score (nSPS) is 22.0. The lowest BCUT2D eigenvalue weighted by Gasteiger charge is -2.31. The second-order valence-corrected chi connectivity index (χ2v) is 9.42. The van der Waals surface area contributed by atoms with E-state index >= 15 is 0 Å². The van der Waals surface area contributed by atoms with E-state index in [1.54, 1.807) is 18.3 Å². The number of anilines is 1. The third-order valence-corrected chi connectivity index (χ3v) is 7.02. The average molecular weight is 464 g/mol. The van der Waals surface area contributed by atoms with Crippen LogP contribution in [0.2, 0.25) is 0 Å². The van der Waals surface area contributed by atoms with Gasteiger partial charge in [0.05, 0.1) is 5.56 Å². The smallest absolute Gasteiger partial charge is 0.335 e. The second-order valence-electron chi connectivity index (χ2n) is 9.42. The van der Waals surface area contributed by atoms with Gasteiger partial charge in [0.1, 0.15) is 5.82 Å². The number of carboxylic acids is 1. The number of carbonyl (C=O) groups excluding carboxylic acids is 1.